The molecule has 2 N–H and O–H groups in total. The summed E-state index contributed by atoms with van der Waals surface area (Å²) in [6.45, 7) is 1.92. The number of nitrogens with zero attached hydrogens (tertiary/aromatic N) is 2. The number of carbonyl (C=O) groups excluding carboxylic acids is 1. The summed E-state index contributed by atoms with van der Waals surface area (Å²) in [6, 6.07) is -0.0769. The van der Waals surface area contributed by atoms with Gasteiger partial charge in [-0.15, -0.1) is 0 Å². The maximum Gasteiger partial charge on any atom is 0.223 e. The van der Waals surface area contributed by atoms with Gasteiger partial charge in [-0.1, -0.05) is 0 Å². The SMILES string of the molecule is CC(NC(=O)C1CC2CC2C1)c1ncn[nH]1. The molecular formula is C11H16N4O. The maximum atomic E-state index is 11.9. The first-order chi connectivity index (χ1) is 7.74. The Morgan fingerprint density at radius 3 is 2.88 bits per heavy atom. The summed E-state index contributed by atoms with van der Waals surface area (Å²) >= 11 is 0. The molecule has 1 aromatic heterocycles. The summed E-state index contributed by atoms with van der Waals surface area (Å²) < 4.78 is 0. The number of rotatable bonds is 3. The molecular weight excluding hydrogens is 204 g/mol. The van der Waals surface area contributed by atoms with Gasteiger partial charge < -0.3 is 5.32 Å². The number of aromatic amines is 1. The van der Waals surface area contributed by atoms with E-state index in [1.54, 1.807) is 0 Å². The van der Waals surface area contributed by atoms with Crippen LogP contribution in [0.4, 0.5) is 0 Å². The van der Waals surface area contributed by atoms with Crippen molar-refractivity contribution in [2.75, 3.05) is 0 Å². The van der Waals surface area contributed by atoms with Gasteiger partial charge in [0.05, 0.1) is 6.04 Å². The highest BCUT2D eigenvalue weighted by Crippen LogP contribution is 2.54. The van der Waals surface area contributed by atoms with Crippen LogP contribution in [0, 0.1) is 17.8 Å². The molecule has 0 bridgehead atoms. The fraction of sp³-hybridized carbons (Fsp3) is 0.727. The lowest BCUT2D eigenvalue weighted by Crippen LogP contribution is -2.32. The Bertz CT molecular complexity index is 379. The molecule has 2 aliphatic carbocycles. The van der Waals surface area contributed by atoms with Gasteiger partial charge in [0.25, 0.3) is 0 Å². The van der Waals surface area contributed by atoms with Crippen LogP contribution in [0.3, 0.4) is 0 Å². The number of carbonyl (C=O) groups is 1. The van der Waals surface area contributed by atoms with E-state index < -0.39 is 0 Å². The quantitative estimate of drug-likeness (QED) is 0.799. The molecule has 3 rings (SSSR count). The van der Waals surface area contributed by atoms with Crippen LogP contribution >= 0.6 is 0 Å². The molecule has 0 saturated heterocycles. The zero-order valence-corrected chi connectivity index (χ0v) is 9.31. The van der Waals surface area contributed by atoms with E-state index in [1.165, 1.54) is 12.7 Å². The zero-order chi connectivity index (χ0) is 11.1. The first kappa shape index (κ1) is 9.81. The molecule has 1 heterocycles. The third-order valence-electron chi connectivity index (χ3n) is 3.82. The summed E-state index contributed by atoms with van der Waals surface area (Å²) in [5.74, 6) is 2.81. The maximum absolute atomic E-state index is 11.9. The zero-order valence-electron chi connectivity index (χ0n) is 9.31. The number of H-pyrrole nitrogens is 1. The summed E-state index contributed by atoms with van der Waals surface area (Å²) in [6.07, 6.45) is 4.98. The minimum Gasteiger partial charge on any atom is -0.346 e. The van der Waals surface area contributed by atoms with E-state index in [0.29, 0.717) is 0 Å². The Balaban J connectivity index is 1.56. The molecule has 1 amide bonds. The van der Waals surface area contributed by atoms with Gasteiger partial charge in [0.1, 0.15) is 12.2 Å². The molecule has 86 valence electrons. The lowest BCUT2D eigenvalue weighted by molar-refractivity contribution is -0.125. The Morgan fingerprint density at radius 1 is 1.50 bits per heavy atom. The molecule has 0 spiro atoms. The van der Waals surface area contributed by atoms with E-state index in [1.807, 2.05) is 6.92 Å². The molecule has 0 radical (unpaired) electrons. The highest BCUT2D eigenvalue weighted by atomic mass is 16.2. The summed E-state index contributed by atoms with van der Waals surface area (Å²) in [5.41, 5.74) is 0. The number of hydrogen-bond acceptors (Lipinski definition) is 3. The fourth-order valence-electron chi connectivity index (χ4n) is 2.75. The highest BCUT2D eigenvalue weighted by molar-refractivity contribution is 5.79. The van der Waals surface area contributed by atoms with Gasteiger partial charge in [0.15, 0.2) is 0 Å². The normalized spacial score (nSPS) is 33.2. The van der Waals surface area contributed by atoms with Crippen molar-refractivity contribution < 1.29 is 4.79 Å². The molecule has 5 nitrogen and oxygen atoms in total. The number of fused-ring (bicyclic) bond motifs is 1. The van der Waals surface area contributed by atoms with E-state index in [0.717, 1.165) is 30.5 Å². The number of aromatic nitrogens is 3. The van der Waals surface area contributed by atoms with Gasteiger partial charge in [0.2, 0.25) is 5.91 Å². The molecule has 0 aliphatic heterocycles. The number of hydrogen-bond donors (Lipinski definition) is 2. The van der Waals surface area contributed by atoms with Crippen molar-refractivity contribution in [2.45, 2.75) is 32.2 Å². The molecule has 2 aliphatic rings. The molecule has 5 heteroatoms. The average molecular weight is 220 g/mol. The van der Waals surface area contributed by atoms with Crippen molar-refractivity contribution in [1.82, 2.24) is 20.5 Å². The van der Waals surface area contributed by atoms with E-state index >= 15 is 0 Å². The van der Waals surface area contributed by atoms with E-state index in [4.69, 9.17) is 0 Å². The monoisotopic (exact) mass is 220 g/mol. The Labute approximate surface area is 94.0 Å². The van der Waals surface area contributed by atoms with Gasteiger partial charge in [-0.2, -0.15) is 5.10 Å². The third-order valence-corrected chi connectivity index (χ3v) is 3.82. The lowest BCUT2D eigenvalue weighted by Gasteiger charge is -2.16. The van der Waals surface area contributed by atoms with Crippen molar-refractivity contribution in [2.24, 2.45) is 17.8 Å². The second kappa shape index (κ2) is 3.57. The van der Waals surface area contributed by atoms with Crippen LogP contribution in [0.1, 0.15) is 38.1 Å². The largest absolute Gasteiger partial charge is 0.346 e. The number of nitrogens with one attached hydrogen (secondary N) is 2. The smallest absolute Gasteiger partial charge is 0.223 e. The minimum absolute atomic E-state index is 0.0769. The predicted molar refractivity (Wildman–Crippen MR) is 57.3 cm³/mol. The molecule has 0 aromatic carbocycles. The first-order valence-corrected chi connectivity index (χ1v) is 5.89. The van der Waals surface area contributed by atoms with Gasteiger partial charge in [-0.25, -0.2) is 4.98 Å². The second-order valence-electron chi connectivity index (χ2n) is 5.03. The number of amides is 1. The van der Waals surface area contributed by atoms with E-state index in [-0.39, 0.29) is 17.9 Å². The van der Waals surface area contributed by atoms with Crippen molar-refractivity contribution in [1.29, 1.82) is 0 Å². The molecule has 2 saturated carbocycles. The van der Waals surface area contributed by atoms with Crippen LogP contribution in [0.25, 0.3) is 0 Å². The van der Waals surface area contributed by atoms with Crippen molar-refractivity contribution >= 4 is 5.91 Å². The predicted octanol–water partition coefficient (Wildman–Crippen LogP) is 1.03. The summed E-state index contributed by atoms with van der Waals surface area (Å²) in [4.78, 5) is 16.0. The van der Waals surface area contributed by atoms with Gasteiger partial charge >= 0.3 is 0 Å². The summed E-state index contributed by atoms with van der Waals surface area (Å²) in [5, 5.41) is 9.55. The lowest BCUT2D eigenvalue weighted by atomic mass is 10.0. The topological polar surface area (TPSA) is 70.7 Å². The van der Waals surface area contributed by atoms with Crippen molar-refractivity contribution in [3.63, 3.8) is 0 Å². The molecule has 3 unspecified atom stereocenters. The van der Waals surface area contributed by atoms with Gasteiger partial charge in [0, 0.05) is 5.92 Å². The Morgan fingerprint density at radius 2 is 2.25 bits per heavy atom. The van der Waals surface area contributed by atoms with Gasteiger partial charge in [-0.05, 0) is 38.0 Å². The molecule has 2 fully saturated rings. The Hall–Kier alpha value is -1.39. The van der Waals surface area contributed by atoms with Crippen LogP contribution in [0.15, 0.2) is 6.33 Å². The van der Waals surface area contributed by atoms with Crippen LogP contribution in [-0.4, -0.2) is 21.1 Å². The van der Waals surface area contributed by atoms with Crippen LogP contribution in [0.5, 0.6) is 0 Å². The first-order valence-electron chi connectivity index (χ1n) is 5.89. The highest BCUT2D eigenvalue weighted by Gasteiger charge is 2.48. The van der Waals surface area contributed by atoms with E-state index in [2.05, 4.69) is 20.5 Å². The minimum atomic E-state index is -0.0769. The Kier molecular flexibility index (Phi) is 2.19. The fourth-order valence-corrected chi connectivity index (χ4v) is 2.75. The molecule has 1 aromatic rings. The molecule has 3 atom stereocenters. The second-order valence-corrected chi connectivity index (χ2v) is 5.03. The standard InChI is InChI=1S/C11H16N4O/c1-6(10-12-5-13-15-10)14-11(16)9-3-7-2-8(7)4-9/h5-9H,2-4H2,1H3,(H,14,16)(H,12,13,15). The average Bonchev–Trinajstić information content (AvgIpc) is 2.77. The molecule has 16 heavy (non-hydrogen) atoms. The van der Waals surface area contributed by atoms with E-state index in [9.17, 15) is 4.79 Å². The summed E-state index contributed by atoms with van der Waals surface area (Å²) in [7, 11) is 0. The van der Waals surface area contributed by atoms with Gasteiger partial charge in [-0.3, -0.25) is 9.89 Å². The third kappa shape index (κ3) is 1.70. The van der Waals surface area contributed by atoms with Crippen molar-refractivity contribution in [3.8, 4) is 0 Å². The van der Waals surface area contributed by atoms with Crippen LogP contribution < -0.4 is 5.32 Å². The van der Waals surface area contributed by atoms with Crippen LogP contribution in [-0.2, 0) is 4.79 Å². The van der Waals surface area contributed by atoms with Crippen LogP contribution in [0.2, 0.25) is 0 Å². The van der Waals surface area contributed by atoms with Crippen molar-refractivity contribution in [3.05, 3.63) is 12.2 Å².